The van der Waals surface area contributed by atoms with Crippen molar-refractivity contribution in [1.29, 1.82) is 0 Å². The molecule has 0 saturated carbocycles. The molecule has 0 fully saturated rings. The van der Waals surface area contributed by atoms with Crippen LogP contribution in [0.2, 0.25) is 5.02 Å². The van der Waals surface area contributed by atoms with Gasteiger partial charge in [-0.05, 0) is 61.8 Å². The summed E-state index contributed by atoms with van der Waals surface area (Å²) in [6.07, 6.45) is 0. The van der Waals surface area contributed by atoms with Crippen molar-refractivity contribution in [3.63, 3.8) is 0 Å². The maximum Gasteiger partial charge on any atom is 0.255 e. The number of amides is 2. The summed E-state index contributed by atoms with van der Waals surface area (Å²) in [6, 6.07) is 4.97. The van der Waals surface area contributed by atoms with Gasteiger partial charge in [-0.15, -0.1) is 0 Å². The Morgan fingerprint density at radius 3 is 2.43 bits per heavy atom. The maximum absolute atomic E-state index is 12.5. The van der Waals surface area contributed by atoms with E-state index in [0.717, 1.165) is 0 Å². The molecule has 1 aromatic carbocycles. The number of carbonyl (C=O) groups excluding carboxylic acids is 2. The van der Waals surface area contributed by atoms with Crippen molar-refractivity contribution in [2.75, 3.05) is 13.1 Å². The van der Waals surface area contributed by atoms with Crippen molar-refractivity contribution in [2.24, 2.45) is 0 Å². The second-order valence-electron chi connectivity index (χ2n) is 5.74. The van der Waals surface area contributed by atoms with Crippen molar-refractivity contribution < 1.29 is 9.59 Å². The predicted molar refractivity (Wildman–Crippen MR) is 88.6 cm³/mol. The number of hydrogen-bond acceptors (Lipinski definition) is 2. The highest BCUT2D eigenvalue weighted by atomic mass is 79.9. The number of nitrogens with one attached hydrogen (secondary N) is 1. The Bertz CT molecular complexity index is 541. The number of hydrogen-bond donors (Lipinski definition) is 1. The summed E-state index contributed by atoms with van der Waals surface area (Å²) in [5, 5.41) is 3.40. The van der Waals surface area contributed by atoms with Crippen LogP contribution in [0.3, 0.4) is 0 Å². The first-order chi connectivity index (χ1) is 9.64. The van der Waals surface area contributed by atoms with Crippen LogP contribution in [0, 0.1) is 0 Å². The topological polar surface area (TPSA) is 49.4 Å². The molecule has 0 bridgehead atoms. The van der Waals surface area contributed by atoms with Gasteiger partial charge in [0.1, 0.15) is 0 Å². The molecule has 0 aromatic heterocycles. The monoisotopic (exact) mass is 374 g/mol. The van der Waals surface area contributed by atoms with E-state index in [2.05, 4.69) is 21.2 Å². The minimum Gasteiger partial charge on any atom is -0.350 e. The van der Waals surface area contributed by atoms with Gasteiger partial charge in [-0.25, -0.2) is 0 Å². The number of benzene rings is 1. The van der Waals surface area contributed by atoms with E-state index in [1.54, 1.807) is 18.2 Å². The summed E-state index contributed by atoms with van der Waals surface area (Å²) >= 11 is 9.20. The molecule has 6 heteroatoms. The molecule has 116 valence electrons. The van der Waals surface area contributed by atoms with Crippen LogP contribution in [0.25, 0.3) is 0 Å². The Morgan fingerprint density at radius 1 is 1.33 bits per heavy atom. The second kappa shape index (κ2) is 7.27. The Hall–Kier alpha value is -1.07. The van der Waals surface area contributed by atoms with Gasteiger partial charge in [0.15, 0.2) is 0 Å². The highest BCUT2D eigenvalue weighted by Crippen LogP contribution is 2.22. The van der Waals surface area contributed by atoms with Gasteiger partial charge < -0.3 is 10.2 Å². The normalized spacial score (nSPS) is 11.1. The number of nitrogens with zero attached hydrogens (tertiary/aromatic N) is 1. The zero-order chi connectivity index (χ0) is 16.2. The molecule has 1 aromatic rings. The van der Waals surface area contributed by atoms with Crippen molar-refractivity contribution >= 4 is 39.3 Å². The van der Waals surface area contributed by atoms with E-state index in [1.807, 2.05) is 27.7 Å². The molecule has 0 aliphatic heterocycles. The van der Waals surface area contributed by atoms with Gasteiger partial charge >= 0.3 is 0 Å². The van der Waals surface area contributed by atoms with Crippen LogP contribution >= 0.6 is 27.5 Å². The van der Waals surface area contributed by atoms with E-state index in [0.29, 0.717) is 21.6 Å². The van der Waals surface area contributed by atoms with Crippen LogP contribution in [0.5, 0.6) is 0 Å². The lowest BCUT2D eigenvalue weighted by Crippen LogP contribution is -2.47. The van der Waals surface area contributed by atoms with Crippen LogP contribution in [0.15, 0.2) is 22.7 Å². The molecule has 0 heterocycles. The third-order valence-electron chi connectivity index (χ3n) is 2.68. The Balaban J connectivity index is 2.84. The highest BCUT2D eigenvalue weighted by molar-refractivity contribution is 9.10. The Labute approximate surface area is 139 Å². The third kappa shape index (κ3) is 5.67. The summed E-state index contributed by atoms with van der Waals surface area (Å²) in [4.78, 5) is 25.9. The van der Waals surface area contributed by atoms with Gasteiger partial charge in [-0.3, -0.25) is 9.59 Å². The number of rotatable bonds is 4. The average molecular weight is 376 g/mol. The first-order valence-corrected chi connectivity index (χ1v) is 7.86. The van der Waals surface area contributed by atoms with Crippen molar-refractivity contribution in [3.8, 4) is 0 Å². The molecule has 0 saturated heterocycles. The molecular weight excluding hydrogens is 356 g/mol. The molecule has 0 radical (unpaired) electrons. The third-order valence-corrected chi connectivity index (χ3v) is 3.57. The average Bonchev–Trinajstić information content (AvgIpc) is 2.33. The summed E-state index contributed by atoms with van der Waals surface area (Å²) in [6.45, 7) is 8.02. The van der Waals surface area contributed by atoms with E-state index in [4.69, 9.17) is 11.6 Å². The highest BCUT2D eigenvalue weighted by Gasteiger charge is 2.21. The van der Waals surface area contributed by atoms with E-state index in [9.17, 15) is 9.59 Å². The van der Waals surface area contributed by atoms with Crippen LogP contribution in [0.1, 0.15) is 38.1 Å². The SMILES string of the molecule is CCN(CC(=O)NC(C)(C)C)C(=O)c1ccc(Cl)cc1Br. The lowest BCUT2D eigenvalue weighted by molar-refractivity contribution is -0.123. The standard InChI is InChI=1S/C15H20BrClN2O2/c1-5-19(9-13(20)18-15(2,3)4)14(21)11-7-6-10(17)8-12(11)16/h6-8H,5,9H2,1-4H3,(H,18,20). The first-order valence-electron chi connectivity index (χ1n) is 6.69. The molecule has 0 aliphatic carbocycles. The van der Waals surface area contributed by atoms with Crippen LogP contribution < -0.4 is 5.32 Å². The van der Waals surface area contributed by atoms with Gasteiger partial charge in [-0.2, -0.15) is 0 Å². The van der Waals surface area contributed by atoms with Gasteiger partial charge in [0.05, 0.1) is 12.1 Å². The van der Waals surface area contributed by atoms with Crippen molar-refractivity contribution in [3.05, 3.63) is 33.3 Å². The van der Waals surface area contributed by atoms with Gasteiger partial charge in [-0.1, -0.05) is 11.6 Å². The van der Waals surface area contributed by atoms with E-state index >= 15 is 0 Å². The summed E-state index contributed by atoms with van der Waals surface area (Å²) in [7, 11) is 0. The van der Waals surface area contributed by atoms with Crippen LogP contribution in [0.4, 0.5) is 0 Å². The molecule has 21 heavy (non-hydrogen) atoms. The fraction of sp³-hybridized carbons (Fsp3) is 0.467. The summed E-state index contributed by atoms with van der Waals surface area (Å²) in [5.74, 6) is -0.382. The number of likely N-dealkylation sites (N-methyl/N-ethyl adjacent to an activating group) is 1. The number of carbonyl (C=O) groups is 2. The predicted octanol–water partition coefficient (Wildman–Crippen LogP) is 3.48. The first kappa shape index (κ1) is 18.0. The fourth-order valence-corrected chi connectivity index (χ4v) is 2.64. The molecule has 0 unspecified atom stereocenters. The minimum absolute atomic E-state index is 0.0294. The lowest BCUT2D eigenvalue weighted by atomic mass is 10.1. The summed E-state index contributed by atoms with van der Waals surface area (Å²) < 4.78 is 0.620. The lowest BCUT2D eigenvalue weighted by Gasteiger charge is -2.25. The van der Waals surface area contributed by atoms with Crippen LogP contribution in [-0.4, -0.2) is 35.3 Å². The van der Waals surface area contributed by atoms with Crippen LogP contribution in [-0.2, 0) is 4.79 Å². The number of halogens is 2. The molecular formula is C15H20BrClN2O2. The molecule has 1 N–H and O–H groups in total. The summed E-state index contributed by atoms with van der Waals surface area (Å²) in [5.41, 5.74) is 0.172. The minimum atomic E-state index is -0.319. The quantitative estimate of drug-likeness (QED) is 0.876. The Morgan fingerprint density at radius 2 is 1.95 bits per heavy atom. The second-order valence-corrected chi connectivity index (χ2v) is 7.03. The zero-order valence-corrected chi connectivity index (χ0v) is 15.0. The molecule has 0 spiro atoms. The van der Waals surface area contributed by atoms with E-state index in [1.165, 1.54) is 4.90 Å². The molecule has 2 amide bonds. The van der Waals surface area contributed by atoms with E-state index in [-0.39, 0.29) is 23.9 Å². The molecule has 1 rings (SSSR count). The van der Waals surface area contributed by atoms with Gasteiger partial charge in [0, 0.05) is 21.6 Å². The molecule has 4 nitrogen and oxygen atoms in total. The largest absolute Gasteiger partial charge is 0.350 e. The zero-order valence-electron chi connectivity index (χ0n) is 12.7. The fourth-order valence-electron chi connectivity index (χ4n) is 1.79. The molecule has 0 atom stereocenters. The molecule has 0 aliphatic rings. The van der Waals surface area contributed by atoms with Crippen molar-refractivity contribution in [1.82, 2.24) is 10.2 Å². The van der Waals surface area contributed by atoms with Gasteiger partial charge in [0.25, 0.3) is 5.91 Å². The Kier molecular flexibility index (Phi) is 6.23. The maximum atomic E-state index is 12.5. The van der Waals surface area contributed by atoms with Gasteiger partial charge in [0.2, 0.25) is 5.91 Å². The smallest absolute Gasteiger partial charge is 0.255 e. The van der Waals surface area contributed by atoms with E-state index < -0.39 is 0 Å². The van der Waals surface area contributed by atoms with Crippen molar-refractivity contribution in [2.45, 2.75) is 33.2 Å².